The predicted molar refractivity (Wildman–Crippen MR) is 59.8 cm³/mol. The molecule has 0 bridgehead atoms. The van der Waals surface area contributed by atoms with E-state index in [9.17, 15) is 0 Å². The molecule has 1 saturated heterocycles. The number of rotatable bonds is 1. The van der Waals surface area contributed by atoms with Crippen LogP contribution in [0.5, 0.6) is 0 Å². The highest BCUT2D eigenvalue weighted by atomic mass is 16.5. The smallest absolute Gasteiger partial charge is 0.177 e. The van der Waals surface area contributed by atoms with Crippen LogP contribution in [0.1, 0.15) is 18.7 Å². The fraction of sp³-hybridized carbons (Fsp3) is 0.455. The van der Waals surface area contributed by atoms with Crippen molar-refractivity contribution in [3.05, 3.63) is 24.2 Å². The summed E-state index contributed by atoms with van der Waals surface area (Å²) in [7, 11) is 0. The Labute approximate surface area is 93.0 Å². The molecule has 0 amide bonds. The van der Waals surface area contributed by atoms with Crippen molar-refractivity contribution in [2.45, 2.75) is 18.4 Å². The maximum Gasteiger partial charge on any atom is 0.177 e. The predicted octanol–water partition coefficient (Wildman–Crippen LogP) is 0.922. The fourth-order valence-electron chi connectivity index (χ4n) is 2.05. The molecular weight excluding hydrogens is 204 g/mol. The van der Waals surface area contributed by atoms with E-state index < -0.39 is 0 Å². The largest absolute Gasteiger partial charge is 0.381 e. The molecule has 1 fully saturated rings. The zero-order valence-electron chi connectivity index (χ0n) is 8.94. The SMILES string of the molecule is NC1(c2nc3ncccc3[nH]2)CCOCC1. The van der Waals surface area contributed by atoms with Crippen LogP contribution >= 0.6 is 0 Å². The third kappa shape index (κ3) is 1.48. The third-order valence-corrected chi connectivity index (χ3v) is 3.11. The molecule has 5 nitrogen and oxygen atoms in total. The molecule has 0 aliphatic carbocycles. The molecule has 84 valence electrons. The lowest BCUT2D eigenvalue weighted by molar-refractivity contribution is 0.0496. The molecule has 3 heterocycles. The lowest BCUT2D eigenvalue weighted by atomic mass is 9.91. The van der Waals surface area contributed by atoms with Gasteiger partial charge >= 0.3 is 0 Å². The van der Waals surface area contributed by atoms with Crippen LogP contribution < -0.4 is 5.73 Å². The molecule has 16 heavy (non-hydrogen) atoms. The summed E-state index contributed by atoms with van der Waals surface area (Å²) in [4.78, 5) is 11.9. The average Bonchev–Trinajstić information content (AvgIpc) is 2.74. The lowest BCUT2D eigenvalue weighted by Gasteiger charge is -2.31. The number of H-pyrrole nitrogens is 1. The first-order valence-corrected chi connectivity index (χ1v) is 5.46. The van der Waals surface area contributed by atoms with Crippen LogP contribution in [0.25, 0.3) is 11.2 Å². The van der Waals surface area contributed by atoms with E-state index in [4.69, 9.17) is 10.5 Å². The number of nitrogens with two attached hydrogens (primary N) is 1. The van der Waals surface area contributed by atoms with Gasteiger partial charge in [0.05, 0.1) is 11.1 Å². The van der Waals surface area contributed by atoms with Gasteiger partial charge in [0, 0.05) is 19.4 Å². The molecule has 3 rings (SSSR count). The Bertz CT molecular complexity index is 468. The number of ether oxygens (including phenoxy) is 1. The second kappa shape index (κ2) is 3.54. The summed E-state index contributed by atoms with van der Waals surface area (Å²) in [6.45, 7) is 1.39. The minimum Gasteiger partial charge on any atom is -0.381 e. The number of pyridine rings is 1. The summed E-state index contributed by atoms with van der Waals surface area (Å²) in [5.41, 5.74) is 7.62. The van der Waals surface area contributed by atoms with E-state index in [1.165, 1.54) is 0 Å². The first-order valence-electron chi connectivity index (χ1n) is 5.46. The van der Waals surface area contributed by atoms with Crippen LogP contribution in [0, 0.1) is 0 Å². The Morgan fingerprint density at radius 2 is 2.19 bits per heavy atom. The molecule has 1 aliphatic rings. The van der Waals surface area contributed by atoms with Gasteiger partial charge in [-0.1, -0.05) is 0 Å². The number of aromatic nitrogens is 3. The molecular formula is C11H14N4O. The Balaban J connectivity index is 2.04. The van der Waals surface area contributed by atoms with Crippen molar-refractivity contribution in [1.29, 1.82) is 0 Å². The molecule has 3 N–H and O–H groups in total. The van der Waals surface area contributed by atoms with Gasteiger partial charge in [0.15, 0.2) is 5.65 Å². The van der Waals surface area contributed by atoms with E-state index in [-0.39, 0.29) is 5.54 Å². The maximum absolute atomic E-state index is 6.34. The number of nitrogens with one attached hydrogen (secondary N) is 1. The fourth-order valence-corrected chi connectivity index (χ4v) is 2.05. The van der Waals surface area contributed by atoms with Gasteiger partial charge < -0.3 is 15.5 Å². The van der Waals surface area contributed by atoms with Gasteiger partial charge in [-0.05, 0) is 25.0 Å². The maximum atomic E-state index is 6.34. The third-order valence-electron chi connectivity index (χ3n) is 3.11. The molecule has 2 aromatic rings. The van der Waals surface area contributed by atoms with E-state index in [0.717, 1.165) is 29.8 Å². The molecule has 2 aromatic heterocycles. The van der Waals surface area contributed by atoms with E-state index in [0.29, 0.717) is 13.2 Å². The molecule has 0 unspecified atom stereocenters. The highest BCUT2D eigenvalue weighted by molar-refractivity contribution is 5.70. The van der Waals surface area contributed by atoms with Gasteiger partial charge in [-0.15, -0.1) is 0 Å². The summed E-state index contributed by atoms with van der Waals surface area (Å²) in [6.07, 6.45) is 3.33. The van der Waals surface area contributed by atoms with Crippen LogP contribution in [-0.4, -0.2) is 28.2 Å². The van der Waals surface area contributed by atoms with Crippen LogP contribution in [0.2, 0.25) is 0 Å². The Morgan fingerprint density at radius 3 is 2.94 bits per heavy atom. The van der Waals surface area contributed by atoms with E-state index >= 15 is 0 Å². The quantitative estimate of drug-likeness (QED) is 0.746. The minimum absolute atomic E-state index is 0.390. The number of hydrogen-bond acceptors (Lipinski definition) is 4. The van der Waals surface area contributed by atoms with Crippen molar-refractivity contribution in [1.82, 2.24) is 15.0 Å². The first-order chi connectivity index (χ1) is 7.78. The number of aromatic amines is 1. The highest BCUT2D eigenvalue weighted by Gasteiger charge is 2.33. The van der Waals surface area contributed by atoms with Crippen LogP contribution in [0.3, 0.4) is 0 Å². The van der Waals surface area contributed by atoms with Crippen LogP contribution in [-0.2, 0) is 10.3 Å². The Kier molecular flexibility index (Phi) is 2.15. The first kappa shape index (κ1) is 9.74. The van der Waals surface area contributed by atoms with E-state index in [2.05, 4.69) is 15.0 Å². The molecule has 1 aliphatic heterocycles. The summed E-state index contributed by atoms with van der Waals surface area (Å²) in [6, 6.07) is 3.85. The molecule has 0 radical (unpaired) electrons. The van der Waals surface area contributed by atoms with E-state index in [1.807, 2.05) is 12.1 Å². The highest BCUT2D eigenvalue weighted by Crippen LogP contribution is 2.28. The second-order valence-corrected chi connectivity index (χ2v) is 4.23. The molecule has 0 spiro atoms. The van der Waals surface area contributed by atoms with Crippen molar-refractivity contribution in [3.8, 4) is 0 Å². The van der Waals surface area contributed by atoms with Gasteiger partial charge in [-0.25, -0.2) is 9.97 Å². The summed E-state index contributed by atoms with van der Waals surface area (Å²) < 4.78 is 5.32. The van der Waals surface area contributed by atoms with Crippen molar-refractivity contribution in [2.75, 3.05) is 13.2 Å². The molecule has 5 heteroatoms. The van der Waals surface area contributed by atoms with Gasteiger partial charge in [0.2, 0.25) is 0 Å². The topological polar surface area (TPSA) is 76.8 Å². The summed E-state index contributed by atoms with van der Waals surface area (Å²) >= 11 is 0. The number of hydrogen-bond donors (Lipinski definition) is 2. The summed E-state index contributed by atoms with van der Waals surface area (Å²) in [5, 5.41) is 0. The van der Waals surface area contributed by atoms with Crippen LogP contribution in [0.4, 0.5) is 0 Å². The number of imidazole rings is 1. The zero-order valence-corrected chi connectivity index (χ0v) is 8.94. The van der Waals surface area contributed by atoms with Crippen molar-refractivity contribution in [2.24, 2.45) is 5.73 Å². The average molecular weight is 218 g/mol. The van der Waals surface area contributed by atoms with Crippen molar-refractivity contribution < 1.29 is 4.74 Å². The van der Waals surface area contributed by atoms with Crippen LogP contribution in [0.15, 0.2) is 18.3 Å². The zero-order chi connectivity index (χ0) is 11.0. The Morgan fingerprint density at radius 1 is 1.38 bits per heavy atom. The summed E-state index contributed by atoms with van der Waals surface area (Å²) in [5.74, 6) is 0.824. The van der Waals surface area contributed by atoms with Gasteiger partial charge in [-0.3, -0.25) is 0 Å². The minimum atomic E-state index is -0.390. The second-order valence-electron chi connectivity index (χ2n) is 4.23. The van der Waals surface area contributed by atoms with Crippen molar-refractivity contribution in [3.63, 3.8) is 0 Å². The molecule has 0 aromatic carbocycles. The number of nitrogens with zero attached hydrogens (tertiary/aromatic N) is 2. The van der Waals surface area contributed by atoms with Gasteiger partial charge in [0.1, 0.15) is 5.82 Å². The van der Waals surface area contributed by atoms with Crippen molar-refractivity contribution >= 4 is 11.2 Å². The normalized spacial score (nSPS) is 20.1. The van der Waals surface area contributed by atoms with Gasteiger partial charge in [0.25, 0.3) is 0 Å². The monoisotopic (exact) mass is 218 g/mol. The molecule has 0 saturated carbocycles. The standard InChI is InChI=1S/C11H14N4O/c12-11(3-6-16-7-4-11)10-14-8-2-1-5-13-9(8)15-10/h1-2,5H,3-4,6-7,12H2,(H,13,14,15). The van der Waals surface area contributed by atoms with Gasteiger partial charge in [-0.2, -0.15) is 0 Å². The number of fused-ring (bicyclic) bond motifs is 1. The lowest BCUT2D eigenvalue weighted by Crippen LogP contribution is -2.43. The Hall–Kier alpha value is -1.46. The molecule has 0 atom stereocenters. The van der Waals surface area contributed by atoms with E-state index in [1.54, 1.807) is 6.20 Å².